The molecule has 0 N–H and O–H groups in total. The van der Waals surface area contributed by atoms with Crippen LogP contribution in [0.5, 0.6) is 0 Å². The molecule has 0 radical (unpaired) electrons. The van der Waals surface area contributed by atoms with Crippen molar-refractivity contribution in [2.24, 2.45) is 5.92 Å². The summed E-state index contributed by atoms with van der Waals surface area (Å²) in [6.45, 7) is 7.76. The van der Waals surface area contributed by atoms with Gasteiger partial charge in [-0.1, -0.05) is 6.92 Å². The molecule has 18 heavy (non-hydrogen) atoms. The number of hydrogen-bond acceptors (Lipinski definition) is 3. The van der Waals surface area contributed by atoms with Crippen LogP contribution in [-0.4, -0.2) is 35.0 Å². The van der Waals surface area contributed by atoms with Crippen LogP contribution in [-0.2, 0) is 14.3 Å². The van der Waals surface area contributed by atoms with E-state index in [4.69, 9.17) is 11.2 Å². The van der Waals surface area contributed by atoms with Gasteiger partial charge in [-0.3, -0.25) is 4.79 Å². The molecule has 0 aromatic rings. The number of likely N-dealkylation sites (tertiary alicyclic amines) is 1. The lowest BCUT2D eigenvalue weighted by atomic mass is 10.1. The van der Waals surface area contributed by atoms with Crippen LogP contribution in [0.15, 0.2) is 0 Å². The van der Waals surface area contributed by atoms with Gasteiger partial charge in [0.05, 0.1) is 0 Å². The van der Waals surface area contributed by atoms with Gasteiger partial charge in [0.1, 0.15) is 11.6 Å². The minimum atomic E-state index is -0.543. The first-order valence-electron chi connectivity index (χ1n) is 6.27. The second-order valence-corrected chi connectivity index (χ2v) is 5.57. The summed E-state index contributed by atoms with van der Waals surface area (Å²) in [5.41, 5.74) is -0.543. The van der Waals surface area contributed by atoms with Crippen molar-refractivity contribution in [3.05, 3.63) is 0 Å². The number of terminal acetylenes is 1. The summed E-state index contributed by atoms with van der Waals surface area (Å²) in [7, 11) is 0. The van der Waals surface area contributed by atoms with Gasteiger partial charge in [-0.2, -0.15) is 0 Å². The minimum absolute atomic E-state index is 0.0596. The molecule has 0 saturated carbocycles. The van der Waals surface area contributed by atoms with E-state index in [-0.39, 0.29) is 17.8 Å². The Bertz CT molecular complexity index is 375. The van der Waals surface area contributed by atoms with E-state index in [1.807, 2.05) is 27.7 Å². The van der Waals surface area contributed by atoms with Crippen molar-refractivity contribution >= 4 is 11.9 Å². The Morgan fingerprint density at radius 3 is 2.61 bits per heavy atom. The molecule has 0 bridgehead atoms. The van der Waals surface area contributed by atoms with Gasteiger partial charge >= 0.3 is 5.97 Å². The predicted molar refractivity (Wildman–Crippen MR) is 68.6 cm³/mol. The predicted octanol–water partition coefficient (Wildman–Crippen LogP) is 1.59. The molecule has 0 aromatic heterocycles. The van der Waals surface area contributed by atoms with Gasteiger partial charge in [0.25, 0.3) is 0 Å². The van der Waals surface area contributed by atoms with Crippen molar-refractivity contribution in [1.82, 2.24) is 4.90 Å². The molecule has 0 aliphatic carbocycles. The molecule has 4 heteroatoms. The van der Waals surface area contributed by atoms with E-state index in [9.17, 15) is 9.59 Å². The molecule has 2 unspecified atom stereocenters. The molecule has 0 aromatic carbocycles. The Labute approximate surface area is 109 Å². The average molecular weight is 251 g/mol. The lowest BCUT2D eigenvalue weighted by Crippen LogP contribution is -2.44. The van der Waals surface area contributed by atoms with Gasteiger partial charge in [-0.05, 0) is 27.2 Å². The highest BCUT2D eigenvalue weighted by Crippen LogP contribution is 2.22. The van der Waals surface area contributed by atoms with Crippen LogP contribution in [0.3, 0.4) is 0 Å². The molecule has 1 fully saturated rings. The number of esters is 1. The molecular weight excluding hydrogens is 230 g/mol. The highest BCUT2D eigenvalue weighted by Gasteiger charge is 2.37. The molecule has 1 rings (SSSR count). The lowest BCUT2D eigenvalue weighted by molar-refractivity contribution is -0.163. The van der Waals surface area contributed by atoms with Gasteiger partial charge in [0.2, 0.25) is 5.91 Å². The summed E-state index contributed by atoms with van der Waals surface area (Å²) in [5, 5.41) is 0. The summed E-state index contributed by atoms with van der Waals surface area (Å²) < 4.78 is 5.34. The normalized spacial score (nSPS) is 21.6. The van der Waals surface area contributed by atoms with Crippen LogP contribution in [0.4, 0.5) is 0 Å². The molecule has 4 nitrogen and oxygen atoms in total. The zero-order valence-corrected chi connectivity index (χ0v) is 11.5. The summed E-state index contributed by atoms with van der Waals surface area (Å²) in [5.74, 6) is 2.08. The first kappa shape index (κ1) is 14.6. The van der Waals surface area contributed by atoms with Crippen molar-refractivity contribution in [1.29, 1.82) is 0 Å². The maximum Gasteiger partial charge on any atom is 0.329 e. The second-order valence-electron chi connectivity index (χ2n) is 5.57. The smallest absolute Gasteiger partial charge is 0.329 e. The van der Waals surface area contributed by atoms with E-state index in [1.54, 1.807) is 4.90 Å². The van der Waals surface area contributed by atoms with E-state index >= 15 is 0 Å². The van der Waals surface area contributed by atoms with Crippen LogP contribution in [0.2, 0.25) is 0 Å². The highest BCUT2D eigenvalue weighted by molar-refractivity contribution is 5.86. The third-order valence-corrected chi connectivity index (χ3v) is 2.84. The third kappa shape index (κ3) is 3.49. The largest absolute Gasteiger partial charge is 0.458 e. The SMILES string of the molecule is C#CC1CC(=O)N(C(CC)C(=O)OC(C)(C)C)C1. The zero-order valence-electron chi connectivity index (χ0n) is 11.5. The molecule has 1 aliphatic heterocycles. The number of rotatable bonds is 3. The van der Waals surface area contributed by atoms with Crippen molar-refractivity contribution in [3.8, 4) is 12.3 Å². The standard InChI is InChI=1S/C14H21NO3/c1-6-10-8-12(16)15(9-10)11(7-2)13(17)18-14(3,4)5/h1,10-11H,7-9H2,2-5H3. The van der Waals surface area contributed by atoms with Crippen LogP contribution in [0.25, 0.3) is 0 Å². The Morgan fingerprint density at radius 1 is 1.61 bits per heavy atom. The Hall–Kier alpha value is -1.50. The monoisotopic (exact) mass is 251 g/mol. The fraction of sp³-hybridized carbons (Fsp3) is 0.714. The van der Waals surface area contributed by atoms with E-state index in [0.29, 0.717) is 19.4 Å². The summed E-state index contributed by atoms with van der Waals surface area (Å²) in [4.78, 5) is 25.4. The Morgan fingerprint density at radius 2 is 2.22 bits per heavy atom. The number of amides is 1. The summed E-state index contributed by atoms with van der Waals surface area (Å²) in [6, 6.07) is -0.518. The summed E-state index contributed by atoms with van der Waals surface area (Å²) >= 11 is 0. The lowest BCUT2D eigenvalue weighted by Gasteiger charge is -2.29. The van der Waals surface area contributed by atoms with Crippen LogP contribution >= 0.6 is 0 Å². The topological polar surface area (TPSA) is 46.6 Å². The highest BCUT2D eigenvalue weighted by atomic mass is 16.6. The molecule has 1 saturated heterocycles. The number of carbonyl (C=O) groups is 2. The Balaban J connectivity index is 2.76. The average Bonchev–Trinajstić information content (AvgIpc) is 2.59. The summed E-state index contributed by atoms with van der Waals surface area (Å²) in [6.07, 6.45) is 6.20. The molecule has 1 heterocycles. The van der Waals surface area contributed by atoms with Gasteiger partial charge in [-0.15, -0.1) is 12.3 Å². The van der Waals surface area contributed by atoms with Crippen molar-refractivity contribution in [2.75, 3.05) is 6.54 Å². The minimum Gasteiger partial charge on any atom is -0.458 e. The second kappa shape index (κ2) is 5.43. The fourth-order valence-corrected chi connectivity index (χ4v) is 2.03. The van der Waals surface area contributed by atoms with E-state index < -0.39 is 11.6 Å². The maximum absolute atomic E-state index is 12.0. The Kier molecular flexibility index (Phi) is 4.39. The number of carbonyl (C=O) groups excluding carboxylic acids is 2. The molecule has 100 valence electrons. The van der Waals surface area contributed by atoms with Gasteiger partial charge in [0, 0.05) is 18.9 Å². The number of hydrogen-bond donors (Lipinski definition) is 0. The van der Waals surface area contributed by atoms with Crippen molar-refractivity contribution < 1.29 is 14.3 Å². The quantitative estimate of drug-likeness (QED) is 0.565. The van der Waals surface area contributed by atoms with Crippen LogP contribution in [0.1, 0.15) is 40.5 Å². The molecule has 2 atom stereocenters. The van der Waals surface area contributed by atoms with Crippen LogP contribution < -0.4 is 0 Å². The van der Waals surface area contributed by atoms with E-state index in [2.05, 4.69) is 5.92 Å². The van der Waals surface area contributed by atoms with E-state index in [1.165, 1.54) is 0 Å². The van der Waals surface area contributed by atoms with Crippen molar-refractivity contribution in [3.63, 3.8) is 0 Å². The fourth-order valence-electron chi connectivity index (χ4n) is 2.03. The van der Waals surface area contributed by atoms with Crippen molar-refractivity contribution in [2.45, 2.75) is 52.2 Å². The third-order valence-electron chi connectivity index (χ3n) is 2.84. The van der Waals surface area contributed by atoms with Gasteiger partial charge in [0.15, 0.2) is 0 Å². The first-order chi connectivity index (χ1) is 8.28. The molecule has 1 aliphatic rings. The van der Waals surface area contributed by atoms with Gasteiger partial charge < -0.3 is 9.64 Å². The molecule has 1 amide bonds. The molecule has 0 spiro atoms. The zero-order chi connectivity index (χ0) is 13.9. The number of nitrogens with zero attached hydrogens (tertiary/aromatic N) is 1. The number of ether oxygens (including phenoxy) is 1. The van der Waals surface area contributed by atoms with E-state index in [0.717, 1.165) is 0 Å². The van der Waals surface area contributed by atoms with Crippen LogP contribution in [0, 0.1) is 18.3 Å². The maximum atomic E-state index is 12.0. The molecular formula is C14H21NO3. The first-order valence-corrected chi connectivity index (χ1v) is 6.27. The van der Waals surface area contributed by atoms with Gasteiger partial charge in [-0.25, -0.2) is 4.79 Å².